The van der Waals surface area contributed by atoms with Crippen LogP contribution in [0.4, 0.5) is 14.5 Å². The molecule has 0 bridgehead atoms. The first-order chi connectivity index (χ1) is 12.1. The summed E-state index contributed by atoms with van der Waals surface area (Å²) in [6, 6.07) is 5.87. The largest absolute Gasteiger partial charge is 0.435 e. The van der Waals surface area contributed by atoms with E-state index >= 15 is 0 Å². The van der Waals surface area contributed by atoms with E-state index in [2.05, 4.69) is 15.0 Å². The van der Waals surface area contributed by atoms with E-state index in [1.807, 2.05) is 0 Å². The van der Waals surface area contributed by atoms with E-state index in [4.69, 9.17) is 9.47 Å². The van der Waals surface area contributed by atoms with Gasteiger partial charge < -0.3 is 19.5 Å². The zero-order valence-corrected chi connectivity index (χ0v) is 13.8. The van der Waals surface area contributed by atoms with Crippen LogP contribution in [0.15, 0.2) is 24.3 Å². The number of nitrogens with one attached hydrogen (secondary N) is 1. The number of halogens is 2. The first-order valence-electron chi connectivity index (χ1n) is 8.40. The predicted octanol–water partition coefficient (Wildman–Crippen LogP) is 2.31. The quantitative estimate of drug-likeness (QED) is 0.848. The number of carbonyl (C=O) groups is 1. The van der Waals surface area contributed by atoms with Gasteiger partial charge in [0.15, 0.2) is 6.29 Å². The third-order valence-electron chi connectivity index (χ3n) is 4.40. The van der Waals surface area contributed by atoms with Crippen LogP contribution in [-0.2, 0) is 14.3 Å². The number of likely N-dealkylation sites (tertiary alicyclic amines) is 1. The highest BCUT2D eigenvalue weighted by Crippen LogP contribution is 2.25. The molecule has 2 saturated heterocycles. The molecule has 138 valence electrons. The lowest BCUT2D eigenvalue weighted by atomic mass is 9.96. The van der Waals surface area contributed by atoms with Crippen molar-refractivity contribution in [1.29, 1.82) is 0 Å². The molecule has 0 unspecified atom stereocenters. The Kier molecular flexibility index (Phi) is 6.17. The third kappa shape index (κ3) is 5.35. The molecule has 2 aliphatic rings. The highest BCUT2D eigenvalue weighted by Gasteiger charge is 2.30. The van der Waals surface area contributed by atoms with Crippen LogP contribution >= 0.6 is 0 Å². The number of piperidine rings is 1. The summed E-state index contributed by atoms with van der Waals surface area (Å²) in [6.07, 6.45) is 1.79. The van der Waals surface area contributed by atoms with Gasteiger partial charge >= 0.3 is 6.61 Å². The third-order valence-corrected chi connectivity index (χ3v) is 4.40. The number of nitrogens with zero attached hydrogens (tertiary/aromatic N) is 1. The van der Waals surface area contributed by atoms with Crippen molar-refractivity contribution in [2.45, 2.75) is 25.7 Å². The van der Waals surface area contributed by atoms with Gasteiger partial charge in [0.2, 0.25) is 5.91 Å². The molecule has 1 aromatic carbocycles. The van der Waals surface area contributed by atoms with Crippen molar-refractivity contribution >= 4 is 11.6 Å². The normalized spacial score (nSPS) is 20.1. The molecule has 3 rings (SSSR count). The van der Waals surface area contributed by atoms with Crippen LogP contribution in [0, 0.1) is 5.92 Å². The predicted molar refractivity (Wildman–Crippen MR) is 86.6 cm³/mol. The lowest BCUT2D eigenvalue weighted by Gasteiger charge is -2.33. The van der Waals surface area contributed by atoms with Crippen LogP contribution in [0.2, 0.25) is 0 Å². The first-order valence-corrected chi connectivity index (χ1v) is 8.40. The van der Waals surface area contributed by atoms with Crippen LogP contribution in [-0.4, -0.2) is 56.6 Å². The number of alkyl halides is 2. The number of amides is 1. The van der Waals surface area contributed by atoms with Gasteiger partial charge in [-0.15, -0.1) is 0 Å². The number of rotatable bonds is 6. The van der Waals surface area contributed by atoms with Crippen LogP contribution in [0.3, 0.4) is 0 Å². The summed E-state index contributed by atoms with van der Waals surface area (Å²) in [5.74, 6) is 0.324. The van der Waals surface area contributed by atoms with E-state index in [1.165, 1.54) is 24.3 Å². The fraction of sp³-hybridized carbons (Fsp3) is 0.588. The number of hydrogen-bond acceptors (Lipinski definition) is 5. The molecule has 2 heterocycles. The van der Waals surface area contributed by atoms with Crippen LogP contribution in [0.25, 0.3) is 0 Å². The van der Waals surface area contributed by atoms with Crippen molar-refractivity contribution in [2.75, 3.05) is 38.2 Å². The summed E-state index contributed by atoms with van der Waals surface area (Å²) >= 11 is 0. The Morgan fingerprint density at radius 1 is 1.20 bits per heavy atom. The number of anilines is 1. The zero-order chi connectivity index (χ0) is 17.6. The van der Waals surface area contributed by atoms with Gasteiger partial charge in [0.05, 0.1) is 19.8 Å². The molecule has 1 N–H and O–H groups in total. The van der Waals surface area contributed by atoms with Gasteiger partial charge in [-0.3, -0.25) is 9.69 Å². The van der Waals surface area contributed by atoms with E-state index in [-0.39, 0.29) is 17.9 Å². The fourth-order valence-electron chi connectivity index (χ4n) is 3.16. The highest BCUT2D eigenvalue weighted by atomic mass is 19.3. The molecule has 8 heteroatoms. The summed E-state index contributed by atoms with van der Waals surface area (Å²) in [5, 5.41) is 2.76. The average molecular weight is 356 g/mol. The lowest BCUT2D eigenvalue weighted by molar-refractivity contribution is -0.119. The van der Waals surface area contributed by atoms with E-state index in [9.17, 15) is 13.6 Å². The second kappa shape index (κ2) is 8.55. The summed E-state index contributed by atoms with van der Waals surface area (Å²) in [4.78, 5) is 14.2. The van der Waals surface area contributed by atoms with Crippen molar-refractivity contribution in [2.24, 2.45) is 5.92 Å². The maximum absolute atomic E-state index is 12.1. The molecule has 1 amide bonds. The van der Waals surface area contributed by atoms with Crippen LogP contribution < -0.4 is 10.1 Å². The maximum atomic E-state index is 12.1. The van der Waals surface area contributed by atoms with E-state index in [1.54, 1.807) is 0 Å². The Morgan fingerprint density at radius 3 is 2.44 bits per heavy atom. The molecule has 0 radical (unpaired) electrons. The zero-order valence-electron chi connectivity index (χ0n) is 13.8. The van der Waals surface area contributed by atoms with E-state index in [0.29, 0.717) is 31.4 Å². The molecule has 0 saturated carbocycles. The van der Waals surface area contributed by atoms with Gasteiger partial charge in [-0.25, -0.2) is 0 Å². The van der Waals surface area contributed by atoms with Gasteiger partial charge in [0.1, 0.15) is 5.75 Å². The smallest absolute Gasteiger partial charge is 0.387 e. The Morgan fingerprint density at radius 2 is 1.84 bits per heavy atom. The van der Waals surface area contributed by atoms with Gasteiger partial charge in [0.25, 0.3) is 0 Å². The Balaban J connectivity index is 1.40. The molecule has 6 nitrogen and oxygen atoms in total. The standard InChI is InChI=1S/C17H22F2N2O4/c18-17(19)25-14-3-1-13(2-4-14)20-15(22)11-21-7-5-12(6-8-21)16-23-9-10-24-16/h1-4,12,16-17H,5-11H2,(H,20,22). The molecule has 1 aromatic rings. The van der Waals surface area contributed by atoms with Gasteiger partial charge in [-0.2, -0.15) is 8.78 Å². The van der Waals surface area contributed by atoms with Gasteiger partial charge in [-0.1, -0.05) is 0 Å². The Bertz CT molecular complexity index is 556. The van der Waals surface area contributed by atoms with Crippen LogP contribution in [0.1, 0.15) is 12.8 Å². The van der Waals surface area contributed by atoms with Gasteiger partial charge in [0, 0.05) is 11.6 Å². The summed E-state index contributed by atoms with van der Waals surface area (Å²) < 4.78 is 39.6. The monoisotopic (exact) mass is 356 g/mol. The fourth-order valence-corrected chi connectivity index (χ4v) is 3.16. The lowest BCUT2D eigenvalue weighted by Crippen LogP contribution is -2.41. The molecular formula is C17H22F2N2O4. The Labute approximate surface area is 145 Å². The number of carbonyl (C=O) groups excluding carboxylic acids is 1. The summed E-state index contributed by atoms with van der Waals surface area (Å²) in [6.45, 7) is 0.408. The number of benzene rings is 1. The minimum atomic E-state index is -2.86. The van der Waals surface area contributed by atoms with Crippen LogP contribution in [0.5, 0.6) is 5.75 Å². The molecule has 2 aliphatic heterocycles. The van der Waals surface area contributed by atoms with Gasteiger partial charge in [-0.05, 0) is 50.2 Å². The molecule has 0 atom stereocenters. The first kappa shape index (κ1) is 18.0. The second-order valence-electron chi connectivity index (χ2n) is 6.17. The van der Waals surface area contributed by atoms with Crippen molar-refractivity contribution in [3.63, 3.8) is 0 Å². The van der Waals surface area contributed by atoms with Crippen molar-refractivity contribution < 1.29 is 27.8 Å². The molecule has 25 heavy (non-hydrogen) atoms. The second-order valence-corrected chi connectivity index (χ2v) is 6.17. The summed E-state index contributed by atoms with van der Waals surface area (Å²) in [5.41, 5.74) is 0.550. The number of hydrogen-bond donors (Lipinski definition) is 1. The number of ether oxygens (including phenoxy) is 3. The molecule has 0 spiro atoms. The SMILES string of the molecule is O=C(CN1CCC(C2OCCO2)CC1)Nc1ccc(OC(F)F)cc1. The summed E-state index contributed by atoms with van der Waals surface area (Å²) in [7, 11) is 0. The average Bonchev–Trinajstić information content (AvgIpc) is 3.11. The molecule has 0 aromatic heterocycles. The minimum absolute atomic E-state index is 0.0615. The topological polar surface area (TPSA) is 60.0 Å². The minimum Gasteiger partial charge on any atom is -0.435 e. The van der Waals surface area contributed by atoms with E-state index in [0.717, 1.165) is 25.9 Å². The van der Waals surface area contributed by atoms with Crippen molar-refractivity contribution in [1.82, 2.24) is 4.90 Å². The molecule has 2 fully saturated rings. The van der Waals surface area contributed by atoms with Crippen molar-refractivity contribution in [3.05, 3.63) is 24.3 Å². The molecular weight excluding hydrogens is 334 g/mol. The van der Waals surface area contributed by atoms with E-state index < -0.39 is 6.61 Å². The van der Waals surface area contributed by atoms with Crippen molar-refractivity contribution in [3.8, 4) is 5.75 Å². The Hall–Kier alpha value is -1.77. The highest BCUT2D eigenvalue weighted by molar-refractivity contribution is 5.92. The maximum Gasteiger partial charge on any atom is 0.387 e. The molecule has 0 aliphatic carbocycles.